The molecule has 1 aliphatic heterocycles. The molecular weight excluding hydrogens is 513 g/mol. The molecule has 130 valence electrons. The lowest BCUT2D eigenvalue weighted by atomic mass is 10.1. The molecule has 1 saturated heterocycles. The summed E-state index contributed by atoms with van der Waals surface area (Å²) in [5.41, 5.74) is 0.421. The van der Waals surface area contributed by atoms with E-state index in [0.29, 0.717) is 21.5 Å². The lowest BCUT2D eigenvalue weighted by Crippen LogP contribution is -2.30. The normalized spacial score (nSPS) is 17.4. The molecule has 0 N–H and O–H groups in total. The van der Waals surface area contributed by atoms with E-state index < -0.39 is 0 Å². The number of carbonyl (C=O) groups is 2. The van der Waals surface area contributed by atoms with E-state index in [-0.39, 0.29) is 24.2 Å². The van der Waals surface area contributed by atoms with Gasteiger partial charge in [-0.3, -0.25) is 14.5 Å². The van der Waals surface area contributed by atoms with E-state index in [9.17, 15) is 9.59 Å². The van der Waals surface area contributed by atoms with Gasteiger partial charge in [0, 0.05) is 36.1 Å². The van der Waals surface area contributed by atoms with Gasteiger partial charge in [-0.1, -0.05) is 55.1 Å². The Hall–Kier alpha value is -0.530. The van der Waals surface area contributed by atoms with Crippen LogP contribution in [0.3, 0.4) is 0 Å². The van der Waals surface area contributed by atoms with Crippen LogP contribution in [0.5, 0.6) is 0 Å². The van der Waals surface area contributed by atoms with Crippen LogP contribution in [0, 0.1) is 5.92 Å². The Bertz CT molecular complexity index is 822. The highest BCUT2D eigenvalue weighted by atomic mass is 79.9. The van der Waals surface area contributed by atoms with E-state index in [4.69, 9.17) is 23.2 Å². The third-order valence-corrected chi connectivity index (χ3v) is 6.12. The first kappa shape index (κ1) is 19.2. The molecule has 0 aliphatic carbocycles. The molecule has 0 spiro atoms. The first-order valence-electron chi connectivity index (χ1n) is 7.25. The fourth-order valence-corrected chi connectivity index (χ4v) is 5.76. The Labute approximate surface area is 176 Å². The molecule has 3 rings (SSSR count). The fourth-order valence-electron chi connectivity index (χ4n) is 2.57. The molecule has 0 radical (unpaired) electrons. The van der Waals surface area contributed by atoms with Crippen molar-refractivity contribution in [1.29, 1.82) is 0 Å². The third kappa shape index (κ3) is 4.61. The Morgan fingerprint density at radius 2 is 1.60 bits per heavy atom. The van der Waals surface area contributed by atoms with Gasteiger partial charge >= 0.3 is 0 Å². The third-order valence-electron chi connectivity index (χ3n) is 3.63. The Morgan fingerprint density at radius 1 is 1.00 bits per heavy atom. The molecule has 1 atom stereocenters. The maximum absolute atomic E-state index is 12.7. The highest BCUT2D eigenvalue weighted by Gasteiger charge is 2.39. The average Bonchev–Trinajstić information content (AvgIpc) is 2.77. The van der Waals surface area contributed by atoms with Crippen molar-refractivity contribution in [2.24, 2.45) is 5.92 Å². The molecule has 0 bridgehead atoms. The van der Waals surface area contributed by atoms with Gasteiger partial charge in [0.25, 0.3) is 0 Å². The number of anilines is 1. The van der Waals surface area contributed by atoms with Crippen molar-refractivity contribution in [1.82, 2.24) is 0 Å². The van der Waals surface area contributed by atoms with E-state index >= 15 is 0 Å². The standard InChI is InChI=1S/C17H11Br2Cl2NO2S/c18-10-2-11(19)4-15(3-10)25-8-9-1-16(23)22(17(9)24)14-6-12(20)5-13(21)7-14/h2-7,9H,1,8H2. The smallest absolute Gasteiger partial charge is 0.238 e. The second-order valence-corrected chi connectivity index (χ2v) is 9.31. The summed E-state index contributed by atoms with van der Waals surface area (Å²) in [6.07, 6.45) is 0.186. The zero-order valence-electron chi connectivity index (χ0n) is 12.6. The van der Waals surface area contributed by atoms with E-state index in [0.717, 1.165) is 13.8 Å². The van der Waals surface area contributed by atoms with E-state index in [2.05, 4.69) is 31.9 Å². The molecule has 1 aliphatic rings. The summed E-state index contributed by atoms with van der Waals surface area (Å²) in [4.78, 5) is 27.2. The van der Waals surface area contributed by atoms with Gasteiger partial charge in [0.1, 0.15) is 0 Å². The minimum absolute atomic E-state index is 0.186. The maximum Gasteiger partial charge on any atom is 0.238 e. The van der Waals surface area contributed by atoms with Crippen molar-refractivity contribution in [2.45, 2.75) is 11.3 Å². The molecule has 1 fully saturated rings. The molecule has 3 nitrogen and oxygen atoms in total. The predicted molar refractivity (Wildman–Crippen MR) is 110 cm³/mol. The van der Waals surface area contributed by atoms with Gasteiger partial charge in [0.05, 0.1) is 11.6 Å². The summed E-state index contributed by atoms with van der Waals surface area (Å²) in [6, 6.07) is 10.6. The zero-order valence-corrected chi connectivity index (χ0v) is 18.1. The Balaban J connectivity index is 1.74. The number of amides is 2. The van der Waals surface area contributed by atoms with Gasteiger partial charge in [0.15, 0.2) is 0 Å². The lowest BCUT2D eigenvalue weighted by Gasteiger charge is -2.15. The number of benzene rings is 2. The van der Waals surface area contributed by atoms with Crippen LogP contribution in [0.1, 0.15) is 6.42 Å². The number of thioether (sulfide) groups is 1. The minimum Gasteiger partial charge on any atom is -0.274 e. The van der Waals surface area contributed by atoms with Gasteiger partial charge in [-0.05, 0) is 36.4 Å². The topological polar surface area (TPSA) is 37.4 Å². The van der Waals surface area contributed by atoms with Crippen LogP contribution >= 0.6 is 66.8 Å². The second-order valence-electron chi connectivity index (χ2n) is 5.51. The number of halogens is 4. The van der Waals surface area contributed by atoms with Crippen LogP contribution in [0.25, 0.3) is 0 Å². The maximum atomic E-state index is 12.7. The number of carbonyl (C=O) groups excluding carboxylic acids is 2. The van der Waals surface area contributed by atoms with Gasteiger partial charge in [-0.15, -0.1) is 11.8 Å². The summed E-state index contributed by atoms with van der Waals surface area (Å²) in [6.45, 7) is 0. The largest absolute Gasteiger partial charge is 0.274 e. The molecule has 0 aromatic heterocycles. The molecule has 25 heavy (non-hydrogen) atoms. The average molecular weight is 524 g/mol. The van der Waals surface area contributed by atoms with Gasteiger partial charge < -0.3 is 0 Å². The summed E-state index contributed by atoms with van der Waals surface area (Å²) < 4.78 is 1.90. The number of rotatable bonds is 4. The van der Waals surface area contributed by atoms with E-state index in [1.165, 1.54) is 4.90 Å². The molecule has 2 aromatic rings. The van der Waals surface area contributed by atoms with Crippen LogP contribution in [0.4, 0.5) is 5.69 Å². The SMILES string of the molecule is O=C1CC(CSc2cc(Br)cc(Br)c2)C(=O)N1c1cc(Cl)cc(Cl)c1. The van der Waals surface area contributed by atoms with Gasteiger partial charge in [-0.2, -0.15) is 0 Å². The highest BCUT2D eigenvalue weighted by Crippen LogP contribution is 2.34. The van der Waals surface area contributed by atoms with E-state index in [1.54, 1.807) is 30.0 Å². The second kappa shape index (κ2) is 8.01. The Morgan fingerprint density at radius 3 is 2.20 bits per heavy atom. The van der Waals surface area contributed by atoms with Crippen LogP contribution in [0.15, 0.2) is 50.2 Å². The monoisotopic (exact) mass is 521 g/mol. The van der Waals surface area contributed by atoms with Crippen molar-refractivity contribution in [3.63, 3.8) is 0 Å². The van der Waals surface area contributed by atoms with Crippen molar-refractivity contribution in [3.8, 4) is 0 Å². The van der Waals surface area contributed by atoms with Crippen LogP contribution in [0.2, 0.25) is 10.0 Å². The molecule has 0 saturated carbocycles. The zero-order chi connectivity index (χ0) is 18.1. The molecular formula is C17H11Br2Cl2NO2S. The summed E-state index contributed by atoms with van der Waals surface area (Å²) >= 11 is 20.4. The van der Waals surface area contributed by atoms with Crippen molar-refractivity contribution in [2.75, 3.05) is 10.7 Å². The minimum atomic E-state index is -0.368. The quantitative estimate of drug-likeness (QED) is 0.354. The summed E-state index contributed by atoms with van der Waals surface area (Å²) in [5, 5.41) is 0.778. The summed E-state index contributed by atoms with van der Waals surface area (Å²) in [5.74, 6) is -0.291. The van der Waals surface area contributed by atoms with Crippen LogP contribution in [-0.4, -0.2) is 17.6 Å². The first-order valence-corrected chi connectivity index (χ1v) is 10.6. The molecule has 2 amide bonds. The number of nitrogens with zero attached hydrogens (tertiary/aromatic N) is 1. The van der Waals surface area contributed by atoms with Crippen molar-refractivity contribution in [3.05, 3.63) is 55.4 Å². The fraction of sp³-hybridized carbons (Fsp3) is 0.176. The van der Waals surface area contributed by atoms with Crippen LogP contribution < -0.4 is 4.90 Å². The predicted octanol–water partition coefficient (Wildman–Crippen LogP) is 6.19. The highest BCUT2D eigenvalue weighted by molar-refractivity contribution is 9.11. The van der Waals surface area contributed by atoms with Gasteiger partial charge in [-0.25, -0.2) is 0 Å². The molecule has 2 aromatic carbocycles. The molecule has 1 unspecified atom stereocenters. The van der Waals surface area contributed by atoms with Crippen LogP contribution in [-0.2, 0) is 9.59 Å². The van der Waals surface area contributed by atoms with Crippen molar-refractivity contribution < 1.29 is 9.59 Å². The van der Waals surface area contributed by atoms with E-state index in [1.807, 2.05) is 18.2 Å². The first-order chi connectivity index (χ1) is 11.8. The number of imide groups is 1. The van der Waals surface area contributed by atoms with Crippen molar-refractivity contribution >= 4 is 84.3 Å². The summed E-state index contributed by atoms with van der Waals surface area (Å²) in [7, 11) is 0. The number of hydrogen-bond donors (Lipinski definition) is 0. The Kier molecular flexibility index (Phi) is 6.16. The number of hydrogen-bond acceptors (Lipinski definition) is 3. The molecule has 8 heteroatoms. The van der Waals surface area contributed by atoms with Gasteiger partial charge in [0.2, 0.25) is 11.8 Å². The lowest BCUT2D eigenvalue weighted by molar-refractivity contribution is -0.122. The molecule has 1 heterocycles.